The van der Waals surface area contributed by atoms with Crippen LogP contribution in [0.15, 0.2) is 0 Å². The van der Waals surface area contributed by atoms with Crippen LogP contribution in [-0.2, 0) is 4.79 Å². The van der Waals surface area contributed by atoms with Crippen LogP contribution in [0.3, 0.4) is 0 Å². The number of hydrogen-bond acceptors (Lipinski definition) is 2. The van der Waals surface area contributed by atoms with Crippen molar-refractivity contribution in [3.8, 4) is 0 Å². The molecular weight excluding hydrogens is 152 g/mol. The minimum absolute atomic E-state index is 0.0845. The highest BCUT2D eigenvalue weighted by atomic mass is 16.1. The summed E-state index contributed by atoms with van der Waals surface area (Å²) in [5.41, 5.74) is 0. The molecule has 0 aliphatic carbocycles. The molecule has 1 rings (SSSR count). The van der Waals surface area contributed by atoms with Gasteiger partial charge in [-0.15, -0.1) is 0 Å². The summed E-state index contributed by atoms with van der Waals surface area (Å²) in [5, 5.41) is 6.39. The molecule has 0 aromatic carbocycles. The Bertz CT molecular complexity index is 160. The molecule has 3 atom stereocenters. The molecule has 1 aliphatic heterocycles. The third-order valence-corrected chi connectivity index (χ3v) is 2.25. The maximum atomic E-state index is 10.8. The Hall–Kier alpha value is -0.570. The lowest BCUT2D eigenvalue weighted by atomic mass is 9.95. The number of nitrogens with one attached hydrogen (secondary N) is 2. The molecule has 2 N–H and O–H groups in total. The molecule has 0 bridgehead atoms. The number of carbonyl (C=O) groups excluding carboxylic acids is 1. The molecule has 1 heterocycles. The first-order valence-corrected chi connectivity index (χ1v) is 4.61. The van der Waals surface area contributed by atoms with Gasteiger partial charge in [0.05, 0.1) is 0 Å². The lowest BCUT2D eigenvalue weighted by Gasteiger charge is -2.33. The molecule has 12 heavy (non-hydrogen) atoms. The van der Waals surface area contributed by atoms with Gasteiger partial charge >= 0.3 is 0 Å². The van der Waals surface area contributed by atoms with Crippen LogP contribution in [0.1, 0.15) is 33.6 Å². The topological polar surface area (TPSA) is 41.1 Å². The molecule has 1 fully saturated rings. The lowest BCUT2D eigenvalue weighted by molar-refractivity contribution is -0.119. The van der Waals surface area contributed by atoms with Gasteiger partial charge in [0.15, 0.2) is 0 Å². The van der Waals surface area contributed by atoms with E-state index in [0.717, 1.165) is 12.8 Å². The second-order valence-corrected chi connectivity index (χ2v) is 3.84. The predicted octanol–water partition coefficient (Wildman–Crippen LogP) is 0.651. The molecule has 1 aliphatic rings. The van der Waals surface area contributed by atoms with Gasteiger partial charge in [0.25, 0.3) is 0 Å². The van der Waals surface area contributed by atoms with Crippen LogP contribution in [0, 0.1) is 0 Å². The summed E-state index contributed by atoms with van der Waals surface area (Å²) in [7, 11) is 0. The van der Waals surface area contributed by atoms with Crippen molar-refractivity contribution in [3.05, 3.63) is 0 Å². The highest BCUT2D eigenvalue weighted by Crippen LogP contribution is 2.12. The maximum Gasteiger partial charge on any atom is 0.217 e. The third-order valence-electron chi connectivity index (χ3n) is 2.25. The van der Waals surface area contributed by atoms with E-state index in [9.17, 15) is 4.79 Å². The van der Waals surface area contributed by atoms with Crippen molar-refractivity contribution >= 4 is 5.91 Å². The first kappa shape index (κ1) is 9.52. The molecule has 3 heteroatoms. The summed E-state index contributed by atoms with van der Waals surface area (Å²) in [4.78, 5) is 10.8. The van der Waals surface area contributed by atoms with Crippen molar-refractivity contribution in [2.24, 2.45) is 0 Å². The van der Waals surface area contributed by atoms with Gasteiger partial charge in [0, 0.05) is 25.0 Å². The molecule has 0 radical (unpaired) electrons. The highest BCUT2D eigenvalue weighted by molar-refractivity contribution is 5.73. The van der Waals surface area contributed by atoms with E-state index in [4.69, 9.17) is 0 Å². The van der Waals surface area contributed by atoms with Crippen molar-refractivity contribution in [1.82, 2.24) is 10.6 Å². The van der Waals surface area contributed by atoms with Gasteiger partial charge in [0.2, 0.25) is 5.91 Å². The minimum atomic E-state index is 0.0845. The normalized spacial score (nSPS) is 36.1. The van der Waals surface area contributed by atoms with E-state index in [1.54, 1.807) is 6.92 Å². The molecule has 1 saturated heterocycles. The number of hydrogen-bond donors (Lipinski definition) is 2. The van der Waals surface area contributed by atoms with Gasteiger partial charge in [0.1, 0.15) is 0 Å². The fourth-order valence-electron chi connectivity index (χ4n) is 1.98. The average molecular weight is 170 g/mol. The van der Waals surface area contributed by atoms with Crippen molar-refractivity contribution in [3.63, 3.8) is 0 Å². The van der Waals surface area contributed by atoms with Crippen LogP contribution in [0.5, 0.6) is 0 Å². The largest absolute Gasteiger partial charge is 0.353 e. The van der Waals surface area contributed by atoms with E-state index in [1.807, 2.05) is 0 Å². The van der Waals surface area contributed by atoms with Gasteiger partial charge < -0.3 is 10.6 Å². The average Bonchev–Trinajstić information content (AvgIpc) is 1.81. The molecule has 0 spiro atoms. The minimum Gasteiger partial charge on any atom is -0.353 e. The van der Waals surface area contributed by atoms with Crippen molar-refractivity contribution < 1.29 is 4.79 Å². The number of piperidine rings is 1. The Morgan fingerprint density at radius 3 is 2.25 bits per heavy atom. The first-order chi connectivity index (χ1) is 5.58. The second-order valence-electron chi connectivity index (χ2n) is 3.84. The predicted molar refractivity (Wildman–Crippen MR) is 48.9 cm³/mol. The van der Waals surface area contributed by atoms with E-state index in [0.29, 0.717) is 18.1 Å². The standard InChI is InChI=1S/C9H18N2O/c1-6-4-9(11-8(3)12)5-7(2)10-6/h6-7,9-10H,4-5H2,1-3H3,(H,11,12)/t6-,7+,9?. The van der Waals surface area contributed by atoms with Gasteiger partial charge in [-0.25, -0.2) is 0 Å². The monoisotopic (exact) mass is 170 g/mol. The number of carbonyl (C=O) groups is 1. The van der Waals surface area contributed by atoms with Crippen LogP contribution in [0.25, 0.3) is 0 Å². The Morgan fingerprint density at radius 1 is 1.33 bits per heavy atom. The van der Waals surface area contributed by atoms with Crippen molar-refractivity contribution in [2.45, 2.75) is 51.7 Å². The van der Waals surface area contributed by atoms with E-state index < -0.39 is 0 Å². The van der Waals surface area contributed by atoms with E-state index >= 15 is 0 Å². The van der Waals surface area contributed by atoms with Gasteiger partial charge in [-0.2, -0.15) is 0 Å². The summed E-state index contributed by atoms with van der Waals surface area (Å²) in [6.45, 7) is 5.90. The molecule has 3 nitrogen and oxygen atoms in total. The van der Waals surface area contributed by atoms with Crippen molar-refractivity contribution in [2.75, 3.05) is 0 Å². The van der Waals surface area contributed by atoms with Gasteiger partial charge in [-0.1, -0.05) is 0 Å². The molecule has 0 aromatic heterocycles. The second kappa shape index (κ2) is 3.90. The van der Waals surface area contributed by atoms with E-state index in [-0.39, 0.29) is 5.91 Å². The zero-order valence-electron chi connectivity index (χ0n) is 8.05. The van der Waals surface area contributed by atoms with E-state index in [1.165, 1.54) is 0 Å². The summed E-state index contributed by atoms with van der Waals surface area (Å²) in [6.07, 6.45) is 2.09. The molecule has 1 unspecified atom stereocenters. The number of rotatable bonds is 1. The van der Waals surface area contributed by atoms with Crippen LogP contribution >= 0.6 is 0 Å². The van der Waals surface area contributed by atoms with Crippen molar-refractivity contribution in [1.29, 1.82) is 0 Å². The SMILES string of the molecule is CC(=O)NC1C[C@@H](C)N[C@@H](C)C1. The maximum absolute atomic E-state index is 10.8. The smallest absolute Gasteiger partial charge is 0.217 e. The molecule has 70 valence electrons. The Kier molecular flexibility index (Phi) is 3.09. The van der Waals surface area contributed by atoms with Crippen LogP contribution in [0.2, 0.25) is 0 Å². The molecule has 1 amide bonds. The summed E-state index contributed by atoms with van der Waals surface area (Å²) in [6, 6.07) is 1.41. The summed E-state index contributed by atoms with van der Waals surface area (Å²) < 4.78 is 0. The van der Waals surface area contributed by atoms with Crippen LogP contribution in [-0.4, -0.2) is 24.0 Å². The first-order valence-electron chi connectivity index (χ1n) is 4.61. The van der Waals surface area contributed by atoms with Gasteiger partial charge in [-0.3, -0.25) is 4.79 Å². The zero-order valence-corrected chi connectivity index (χ0v) is 8.05. The molecular formula is C9H18N2O. The van der Waals surface area contributed by atoms with Crippen LogP contribution < -0.4 is 10.6 Å². The zero-order chi connectivity index (χ0) is 9.14. The van der Waals surface area contributed by atoms with Gasteiger partial charge in [-0.05, 0) is 26.7 Å². The number of amides is 1. The van der Waals surface area contributed by atoms with E-state index in [2.05, 4.69) is 24.5 Å². The highest BCUT2D eigenvalue weighted by Gasteiger charge is 2.23. The fourth-order valence-corrected chi connectivity index (χ4v) is 1.98. The molecule has 0 aromatic rings. The molecule has 0 saturated carbocycles. The Morgan fingerprint density at radius 2 is 1.83 bits per heavy atom. The quantitative estimate of drug-likeness (QED) is 0.606. The Balaban J connectivity index is 2.38. The Labute approximate surface area is 73.9 Å². The lowest BCUT2D eigenvalue weighted by Crippen LogP contribution is -2.50. The third kappa shape index (κ3) is 2.81. The summed E-state index contributed by atoms with van der Waals surface area (Å²) in [5.74, 6) is 0.0845. The summed E-state index contributed by atoms with van der Waals surface area (Å²) >= 11 is 0. The van der Waals surface area contributed by atoms with Crippen LogP contribution in [0.4, 0.5) is 0 Å². The fraction of sp³-hybridized carbons (Fsp3) is 0.889.